The van der Waals surface area contributed by atoms with Gasteiger partial charge in [-0.2, -0.15) is 13.2 Å². The highest BCUT2D eigenvalue weighted by molar-refractivity contribution is 6.31. The van der Waals surface area contributed by atoms with Crippen molar-refractivity contribution in [2.24, 2.45) is 0 Å². The van der Waals surface area contributed by atoms with Crippen molar-refractivity contribution in [3.8, 4) is 0 Å². The van der Waals surface area contributed by atoms with E-state index in [-0.39, 0.29) is 17.3 Å². The predicted octanol–water partition coefficient (Wildman–Crippen LogP) is 4.39. The number of carbonyl (C=O) groups excluding carboxylic acids is 1. The molecule has 10 heteroatoms. The average molecular weight is 432 g/mol. The van der Waals surface area contributed by atoms with Gasteiger partial charge in [-0.3, -0.25) is 4.79 Å². The monoisotopic (exact) mass is 431 g/mol. The van der Waals surface area contributed by atoms with Crippen LogP contribution in [0.25, 0.3) is 0 Å². The van der Waals surface area contributed by atoms with Crippen molar-refractivity contribution in [2.45, 2.75) is 6.18 Å². The second-order valence-corrected chi connectivity index (χ2v) is 6.77. The van der Waals surface area contributed by atoms with Crippen LogP contribution in [0, 0.1) is 5.82 Å². The van der Waals surface area contributed by atoms with Gasteiger partial charge in [0.25, 0.3) is 0 Å². The fourth-order valence-electron chi connectivity index (χ4n) is 2.88. The Kier molecular flexibility index (Phi) is 6.49. The quantitative estimate of drug-likeness (QED) is 0.690. The van der Waals surface area contributed by atoms with E-state index in [9.17, 15) is 22.4 Å². The van der Waals surface area contributed by atoms with Gasteiger partial charge in [0.2, 0.25) is 5.91 Å². The standard InChI is InChI=1S/C19H18ClF4N3O2/c20-14-10-13(2-3-15(14)21)25-11-18(28)26-16-9-12(19(22,23)24)1-4-17(16)27-5-7-29-8-6-27/h1-4,9-10,25H,5-8,11H2,(H,26,28). The van der Waals surface area contributed by atoms with Crippen LogP contribution in [-0.4, -0.2) is 38.8 Å². The molecule has 1 fully saturated rings. The van der Waals surface area contributed by atoms with Gasteiger partial charge in [0.05, 0.1) is 41.7 Å². The highest BCUT2D eigenvalue weighted by Gasteiger charge is 2.31. The van der Waals surface area contributed by atoms with Crippen LogP contribution in [0.15, 0.2) is 36.4 Å². The van der Waals surface area contributed by atoms with Crippen LogP contribution in [0.3, 0.4) is 0 Å². The third-order valence-corrected chi connectivity index (χ3v) is 4.61. The predicted molar refractivity (Wildman–Crippen MR) is 103 cm³/mol. The molecule has 0 aromatic heterocycles. The van der Waals surface area contributed by atoms with E-state index >= 15 is 0 Å². The molecule has 3 rings (SSSR count). The number of amides is 1. The highest BCUT2D eigenvalue weighted by atomic mass is 35.5. The first-order valence-electron chi connectivity index (χ1n) is 8.77. The molecule has 0 radical (unpaired) electrons. The second kappa shape index (κ2) is 8.87. The zero-order valence-electron chi connectivity index (χ0n) is 15.2. The van der Waals surface area contributed by atoms with E-state index in [1.807, 2.05) is 4.90 Å². The summed E-state index contributed by atoms with van der Waals surface area (Å²) in [4.78, 5) is 14.2. The zero-order valence-corrected chi connectivity index (χ0v) is 15.9. The van der Waals surface area contributed by atoms with Crippen LogP contribution in [0.5, 0.6) is 0 Å². The van der Waals surface area contributed by atoms with Crippen molar-refractivity contribution in [3.63, 3.8) is 0 Å². The fraction of sp³-hybridized carbons (Fsp3) is 0.316. The maximum Gasteiger partial charge on any atom is 0.416 e. The Morgan fingerprint density at radius 2 is 1.86 bits per heavy atom. The number of anilines is 3. The van der Waals surface area contributed by atoms with Crippen molar-refractivity contribution in [1.29, 1.82) is 0 Å². The van der Waals surface area contributed by atoms with Crippen molar-refractivity contribution in [1.82, 2.24) is 0 Å². The van der Waals surface area contributed by atoms with Crippen molar-refractivity contribution in [2.75, 3.05) is 48.4 Å². The SMILES string of the molecule is O=C(CNc1ccc(F)c(Cl)c1)Nc1cc(C(F)(F)F)ccc1N1CCOCC1. The molecular weight excluding hydrogens is 414 g/mol. The maximum absolute atomic E-state index is 13.2. The van der Waals surface area contributed by atoms with Crippen LogP contribution >= 0.6 is 11.6 Å². The minimum atomic E-state index is -4.54. The summed E-state index contributed by atoms with van der Waals surface area (Å²) in [6.07, 6.45) is -4.54. The number of rotatable bonds is 5. The van der Waals surface area contributed by atoms with E-state index in [1.54, 1.807) is 0 Å². The number of alkyl halides is 3. The van der Waals surface area contributed by atoms with Gasteiger partial charge < -0.3 is 20.3 Å². The van der Waals surface area contributed by atoms with Gasteiger partial charge in [0, 0.05) is 18.8 Å². The lowest BCUT2D eigenvalue weighted by Gasteiger charge is -2.31. The number of benzene rings is 2. The van der Waals surface area contributed by atoms with E-state index in [1.165, 1.54) is 18.2 Å². The maximum atomic E-state index is 13.2. The van der Waals surface area contributed by atoms with Crippen molar-refractivity contribution >= 4 is 34.6 Å². The summed E-state index contributed by atoms with van der Waals surface area (Å²) >= 11 is 5.69. The first kappa shape index (κ1) is 21.2. The van der Waals surface area contributed by atoms with Crippen LogP contribution in [-0.2, 0) is 15.7 Å². The highest BCUT2D eigenvalue weighted by Crippen LogP contribution is 2.35. The lowest BCUT2D eigenvalue weighted by molar-refractivity contribution is -0.137. The minimum Gasteiger partial charge on any atom is -0.378 e. The smallest absolute Gasteiger partial charge is 0.378 e. The molecule has 0 spiro atoms. The molecule has 1 heterocycles. The number of nitrogens with zero attached hydrogens (tertiary/aromatic N) is 1. The molecule has 0 atom stereocenters. The first-order chi connectivity index (χ1) is 13.7. The number of nitrogens with one attached hydrogen (secondary N) is 2. The molecule has 1 aliphatic heterocycles. The number of hydrogen-bond acceptors (Lipinski definition) is 4. The number of morpholine rings is 1. The summed E-state index contributed by atoms with van der Waals surface area (Å²) in [5.74, 6) is -1.15. The van der Waals surface area contributed by atoms with Gasteiger partial charge >= 0.3 is 6.18 Å². The molecule has 156 valence electrons. The summed E-state index contributed by atoms with van der Waals surface area (Å²) in [7, 11) is 0. The average Bonchev–Trinajstić information content (AvgIpc) is 2.69. The van der Waals surface area contributed by atoms with E-state index in [4.69, 9.17) is 16.3 Å². The lowest BCUT2D eigenvalue weighted by atomic mass is 10.1. The van der Waals surface area contributed by atoms with E-state index in [2.05, 4.69) is 10.6 Å². The van der Waals surface area contributed by atoms with Crippen molar-refractivity contribution < 1.29 is 27.1 Å². The van der Waals surface area contributed by atoms with Crippen LogP contribution in [0.1, 0.15) is 5.56 Å². The normalized spacial score (nSPS) is 14.6. The van der Waals surface area contributed by atoms with Gasteiger partial charge in [-0.25, -0.2) is 4.39 Å². The number of hydrogen-bond donors (Lipinski definition) is 2. The third-order valence-electron chi connectivity index (χ3n) is 4.32. The molecule has 5 nitrogen and oxygen atoms in total. The first-order valence-corrected chi connectivity index (χ1v) is 9.14. The van der Waals surface area contributed by atoms with E-state index in [0.717, 1.165) is 18.2 Å². The van der Waals surface area contributed by atoms with Crippen LogP contribution in [0.2, 0.25) is 5.02 Å². The largest absolute Gasteiger partial charge is 0.416 e. The van der Waals surface area contributed by atoms with Crippen LogP contribution in [0.4, 0.5) is 34.6 Å². The number of halogens is 5. The van der Waals surface area contributed by atoms with E-state index < -0.39 is 23.5 Å². The van der Waals surface area contributed by atoms with Gasteiger partial charge in [0.1, 0.15) is 5.82 Å². The van der Waals surface area contributed by atoms with Gasteiger partial charge in [-0.1, -0.05) is 11.6 Å². The zero-order chi connectivity index (χ0) is 21.0. The van der Waals surface area contributed by atoms with Gasteiger partial charge in [-0.15, -0.1) is 0 Å². The Morgan fingerprint density at radius 1 is 1.14 bits per heavy atom. The Morgan fingerprint density at radius 3 is 2.52 bits per heavy atom. The minimum absolute atomic E-state index is 0.0608. The summed E-state index contributed by atoms with van der Waals surface area (Å²) in [5.41, 5.74) is 0.0946. The van der Waals surface area contributed by atoms with Crippen LogP contribution < -0.4 is 15.5 Å². The van der Waals surface area contributed by atoms with E-state index in [0.29, 0.717) is 37.7 Å². The summed E-state index contributed by atoms with van der Waals surface area (Å²) < 4.78 is 57.8. The molecule has 2 aromatic rings. The molecule has 2 N–H and O–H groups in total. The molecule has 0 bridgehead atoms. The Balaban J connectivity index is 1.75. The number of carbonyl (C=O) groups is 1. The van der Waals surface area contributed by atoms with Gasteiger partial charge in [-0.05, 0) is 36.4 Å². The molecule has 0 saturated carbocycles. The molecule has 1 saturated heterocycles. The molecule has 1 amide bonds. The molecule has 0 unspecified atom stereocenters. The molecule has 2 aromatic carbocycles. The lowest BCUT2D eigenvalue weighted by Crippen LogP contribution is -2.37. The molecule has 29 heavy (non-hydrogen) atoms. The summed E-state index contributed by atoms with van der Waals surface area (Å²) in [5, 5.41) is 5.17. The summed E-state index contributed by atoms with van der Waals surface area (Å²) in [6.45, 7) is 1.66. The topological polar surface area (TPSA) is 53.6 Å². The van der Waals surface area contributed by atoms with Crippen molar-refractivity contribution in [3.05, 3.63) is 52.8 Å². The van der Waals surface area contributed by atoms with Gasteiger partial charge in [0.15, 0.2) is 0 Å². The third kappa shape index (κ3) is 5.51. The Hall–Kier alpha value is -2.52. The fourth-order valence-corrected chi connectivity index (χ4v) is 3.06. The number of ether oxygens (including phenoxy) is 1. The molecular formula is C19H18ClF4N3O2. The molecule has 1 aliphatic rings. The Labute approximate surface area is 169 Å². The molecule has 0 aliphatic carbocycles. The Bertz CT molecular complexity index is 886. The second-order valence-electron chi connectivity index (χ2n) is 6.36. The summed E-state index contributed by atoms with van der Waals surface area (Å²) in [6, 6.07) is 7.10.